The number of carbonyl (C=O) groups is 1. The quantitative estimate of drug-likeness (QED) is 0.754. The van der Waals surface area contributed by atoms with Gasteiger partial charge in [-0.25, -0.2) is 4.79 Å². The van der Waals surface area contributed by atoms with Gasteiger partial charge in [0.15, 0.2) is 0 Å². The molecule has 0 aromatic heterocycles. The van der Waals surface area contributed by atoms with Crippen LogP contribution in [0.2, 0.25) is 0 Å². The van der Waals surface area contributed by atoms with Crippen molar-refractivity contribution in [1.82, 2.24) is 5.32 Å². The van der Waals surface area contributed by atoms with Gasteiger partial charge in [-0.3, -0.25) is 0 Å². The predicted octanol–water partition coefficient (Wildman–Crippen LogP) is 1.43. The third-order valence-corrected chi connectivity index (χ3v) is 3.32. The number of amides is 1. The van der Waals surface area contributed by atoms with E-state index in [9.17, 15) is 15.0 Å². The van der Waals surface area contributed by atoms with Gasteiger partial charge in [0, 0.05) is 0 Å². The average molecular weight is 267 g/mol. The molecule has 5 heteroatoms. The van der Waals surface area contributed by atoms with Crippen LogP contribution in [0.4, 0.5) is 4.79 Å². The predicted molar refractivity (Wildman–Crippen MR) is 71.5 cm³/mol. The fourth-order valence-electron chi connectivity index (χ4n) is 1.54. The molecule has 0 bridgehead atoms. The monoisotopic (exact) mass is 267 g/mol. The fraction of sp³-hybridized carbons (Fsp3) is 0.500. The molecule has 0 aliphatic carbocycles. The summed E-state index contributed by atoms with van der Waals surface area (Å²) in [5.41, 5.74) is -0.276. The number of alkyl carbamates (subject to hydrolysis) is 1. The van der Waals surface area contributed by atoms with Crippen molar-refractivity contribution in [2.45, 2.75) is 45.1 Å². The number of benzene rings is 1. The van der Waals surface area contributed by atoms with Crippen molar-refractivity contribution in [3.8, 4) is 0 Å². The van der Waals surface area contributed by atoms with E-state index in [1.54, 1.807) is 6.92 Å². The molecule has 1 aromatic carbocycles. The van der Waals surface area contributed by atoms with Crippen LogP contribution < -0.4 is 5.32 Å². The van der Waals surface area contributed by atoms with Gasteiger partial charge in [-0.05, 0) is 26.3 Å². The molecule has 0 saturated heterocycles. The van der Waals surface area contributed by atoms with Crippen LogP contribution in [-0.2, 0) is 11.3 Å². The molecule has 3 N–H and O–H groups in total. The zero-order valence-corrected chi connectivity index (χ0v) is 11.5. The number of nitrogens with one attached hydrogen (secondary N) is 1. The minimum Gasteiger partial charge on any atom is -0.445 e. The van der Waals surface area contributed by atoms with Gasteiger partial charge in [-0.1, -0.05) is 30.3 Å². The molecule has 1 rings (SSSR count). The molecule has 1 aromatic rings. The van der Waals surface area contributed by atoms with E-state index in [1.165, 1.54) is 13.8 Å². The number of rotatable bonds is 5. The van der Waals surface area contributed by atoms with E-state index in [1.807, 2.05) is 30.3 Å². The maximum absolute atomic E-state index is 11.7. The molecule has 0 fully saturated rings. The Morgan fingerprint density at radius 1 is 1.26 bits per heavy atom. The summed E-state index contributed by atoms with van der Waals surface area (Å²) in [5.74, 6) is 0. The Bertz CT molecular complexity index is 395. The number of hydrogen-bond donors (Lipinski definition) is 3. The van der Waals surface area contributed by atoms with Crippen molar-refractivity contribution >= 4 is 6.09 Å². The Morgan fingerprint density at radius 3 is 2.26 bits per heavy atom. The van der Waals surface area contributed by atoms with Crippen molar-refractivity contribution in [2.24, 2.45) is 0 Å². The molecule has 3 atom stereocenters. The molecule has 0 radical (unpaired) electrons. The van der Waals surface area contributed by atoms with Crippen molar-refractivity contribution < 1.29 is 19.7 Å². The maximum Gasteiger partial charge on any atom is 0.408 e. The molecular formula is C14H21NO4. The maximum atomic E-state index is 11.7. The van der Waals surface area contributed by atoms with E-state index in [-0.39, 0.29) is 6.61 Å². The number of aliphatic hydroxyl groups is 2. The first-order valence-electron chi connectivity index (χ1n) is 6.21. The van der Waals surface area contributed by atoms with Crippen LogP contribution in [0.5, 0.6) is 0 Å². The Balaban J connectivity index is 2.55. The highest BCUT2D eigenvalue weighted by atomic mass is 16.5. The summed E-state index contributed by atoms with van der Waals surface area (Å²) in [6.45, 7) is 4.71. The lowest BCUT2D eigenvalue weighted by Crippen LogP contribution is -2.60. The van der Waals surface area contributed by atoms with Crippen LogP contribution in [0.15, 0.2) is 30.3 Å². The first-order valence-corrected chi connectivity index (χ1v) is 6.21. The lowest BCUT2D eigenvalue weighted by Gasteiger charge is -2.35. The molecule has 0 saturated carbocycles. The second kappa shape index (κ2) is 6.54. The third-order valence-electron chi connectivity index (χ3n) is 3.32. The summed E-state index contributed by atoms with van der Waals surface area (Å²) in [7, 11) is 0. The number of aliphatic hydroxyl groups excluding tert-OH is 2. The SMILES string of the molecule is C[C@H](O)C(C)(NC(=O)OCc1ccccc1)[C@@H](C)O. The molecule has 0 aliphatic heterocycles. The van der Waals surface area contributed by atoms with E-state index in [0.717, 1.165) is 5.56 Å². The van der Waals surface area contributed by atoms with E-state index in [2.05, 4.69) is 5.32 Å². The van der Waals surface area contributed by atoms with E-state index >= 15 is 0 Å². The highest BCUT2D eigenvalue weighted by molar-refractivity contribution is 5.68. The number of ether oxygens (including phenoxy) is 1. The summed E-state index contributed by atoms with van der Waals surface area (Å²) in [6.07, 6.45) is -2.48. The second-order valence-corrected chi connectivity index (χ2v) is 4.82. The number of carbonyl (C=O) groups excluding carboxylic acids is 1. The van der Waals surface area contributed by atoms with Crippen molar-refractivity contribution in [3.05, 3.63) is 35.9 Å². The molecule has 1 amide bonds. The molecule has 19 heavy (non-hydrogen) atoms. The normalized spacial score (nSPS) is 17.1. The first-order chi connectivity index (χ1) is 8.86. The topological polar surface area (TPSA) is 78.8 Å². The summed E-state index contributed by atoms with van der Waals surface area (Å²) < 4.78 is 5.05. The molecule has 0 heterocycles. The van der Waals surface area contributed by atoms with Gasteiger partial charge in [0.25, 0.3) is 0 Å². The van der Waals surface area contributed by atoms with Gasteiger partial charge in [0.05, 0.1) is 17.7 Å². The van der Waals surface area contributed by atoms with Gasteiger partial charge in [-0.15, -0.1) is 0 Å². The highest BCUT2D eigenvalue weighted by Crippen LogP contribution is 2.15. The van der Waals surface area contributed by atoms with Gasteiger partial charge >= 0.3 is 6.09 Å². The van der Waals surface area contributed by atoms with Gasteiger partial charge in [0.2, 0.25) is 0 Å². The summed E-state index contributed by atoms with van der Waals surface area (Å²) in [6, 6.07) is 9.27. The van der Waals surface area contributed by atoms with Crippen molar-refractivity contribution in [2.75, 3.05) is 0 Å². The molecule has 1 unspecified atom stereocenters. The van der Waals surface area contributed by atoms with Crippen LogP contribution in [0.25, 0.3) is 0 Å². The largest absolute Gasteiger partial charge is 0.445 e. The summed E-state index contributed by atoms with van der Waals surface area (Å²) in [5, 5.41) is 21.8. The first kappa shape index (κ1) is 15.5. The zero-order chi connectivity index (χ0) is 14.5. The third kappa shape index (κ3) is 4.22. The fourth-order valence-corrected chi connectivity index (χ4v) is 1.54. The highest BCUT2D eigenvalue weighted by Gasteiger charge is 2.37. The number of hydrogen-bond acceptors (Lipinski definition) is 4. The Labute approximate surface area is 113 Å². The summed E-state index contributed by atoms with van der Waals surface area (Å²) >= 11 is 0. The molecule has 0 spiro atoms. The Kier molecular flexibility index (Phi) is 5.32. The standard InChI is InChI=1S/C14H21NO4/c1-10(16)14(3,11(2)17)15-13(18)19-9-12-7-5-4-6-8-12/h4-8,10-11,16-17H,9H2,1-3H3,(H,15,18)/t10-,11+,14?. The Hall–Kier alpha value is -1.59. The van der Waals surface area contributed by atoms with E-state index < -0.39 is 23.8 Å². The molecule has 106 valence electrons. The summed E-state index contributed by atoms with van der Waals surface area (Å²) in [4.78, 5) is 11.7. The van der Waals surface area contributed by atoms with Crippen molar-refractivity contribution in [1.29, 1.82) is 0 Å². The second-order valence-electron chi connectivity index (χ2n) is 4.82. The van der Waals surface area contributed by atoms with Gasteiger partial charge in [0.1, 0.15) is 6.61 Å². The van der Waals surface area contributed by atoms with Gasteiger partial charge in [-0.2, -0.15) is 0 Å². The van der Waals surface area contributed by atoms with E-state index in [0.29, 0.717) is 0 Å². The lowest BCUT2D eigenvalue weighted by atomic mass is 9.90. The minimum atomic E-state index is -1.15. The molecule has 5 nitrogen and oxygen atoms in total. The van der Waals surface area contributed by atoms with Crippen molar-refractivity contribution in [3.63, 3.8) is 0 Å². The van der Waals surface area contributed by atoms with Crippen LogP contribution in [-0.4, -0.2) is 34.1 Å². The van der Waals surface area contributed by atoms with Crippen LogP contribution in [0.3, 0.4) is 0 Å². The van der Waals surface area contributed by atoms with Crippen LogP contribution >= 0.6 is 0 Å². The Morgan fingerprint density at radius 2 is 1.79 bits per heavy atom. The molecular weight excluding hydrogens is 246 g/mol. The van der Waals surface area contributed by atoms with Gasteiger partial charge < -0.3 is 20.3 Å². The van der Waals surface area contributed by atoms with E-state index in [4.69, 9.17) is 4.74 Å². The van der Waals surface area contributed by atoms with Crippen LogP contribution in [0.1, 0.15) is 26.3 Å². The lowest BCUT2D eigenvalue weighted by molar-refractivity contribution is -0.00653. The van der Waals surface area contributed by atoms with Crippen LogP contribution in [0, 0.1) is 0 Å². The zero-order valence-electron chi connectivity index (χ0n) is 11.5. The smallest absolute Gasteiger partial charge is 0.408 e. The minimum absolute atomic E-state index is 0.141. The molecule has 0 aliphatic rings. The average Bonchev–Trinajstić information content (AvgIpc) is 2.37.